The number of rotatable bonds is 5. The lowest BCUT2D eigenvalue weighted by molar-refractivity contribution is -0.117. The third-order valence-electron chi connectivity index (χ3n) is 6.06. The molecule has 2 heterocycles. The van der Waals surface area contributed by atoms with Gasteiger partial charge in [-0.25, -0.2) is 16.8 Å². The van der Waals surface area contributed by atoms with Crippen molar-refractivity contribution in [3.63, 3.8) is 0 Å². The fraction of sp³-hybridized carbons (Fsp3) is 0.409. The molecule has 0 saturated carbocycles. The summed E-state index contributed by atoms with van der Waals surface area (Å²) in [7, 11) is -6.04. The summed E-state index contributed by atoms with van der Waals surface area (Å²) in [5.74, 6) is -0.0931. The van der Waals surface area contributed by atoms with Crippen LogP contribution in [0.1, 0.15) is 36.8 Å². The van der Waals surface area contributed by atoms with E-state index in [0.29, 0.717) is 29.9 Å². The standard InChI is InChI=1S/C22H27N3O5S2/c1-16-7-8-18(15-21(16)32(29,30)25-11-5-3-4-6-12-25)23-31(27,28)19-9-10-20-17(13-19)14-22(26)24(20)2/h7-10,13,15,23H,3-6,11-12,14H2,1-2H3. The molecule has 0 bridgehead atoms. The smallest absolute Gasteiger partial charge is 0.261 e. The van der Waals surface area contributed by atoms with Gasteiger partial charge in [0.2, 0.25) is 15.9 Å². The fourth-order valence-electron chi connectivity index (χ4n) is 4.19. The maximum atomic E-state index is 13.3. The van der Waals surface area contributed by atoms with Crippen molar-refractivity contribution in [2.45, 2.75) is 48.8 Å². The van der Waals surface area contributed by atoms with Crippen LogP contribution in [-0.2, 0) is 31.3 Å². The van der Waals surface area contributed by atoms with E-state index in [1.54, 1.807) is 32.2 Å². The van der Waals surface area contributed by atoms with Crippen molar-refractivity contribution in [2.24, 2.45) is 0 Å². The van der Waals surface area contributed by atoms with Gasteiger partial charge in [0, 0.05) is 25.8 Å². The Balaban J connectivity index is 1.63. The minimum absolute atomic E-state index is 0.0249. The van der Waals surface area contributed by atoms with Gasteiger partial charge in [0.1, 0.15) is 0 Å². The van der Waals surface area contributed by atoms with Gasteiger partial charge >= 0.3 is 0 Å². The first kappa shape index (κ1) is 22.8. The molecule has 0 radical (unpaired) electrons. The summed E-state index contributed by atoms with van der Waals surface area (Å²) in [6.07, 6.45) is 3.80. The second-order valence-electron chi connectivity index (χ2n) is 8.32. The SMILES string of the molecule is Cc1ccc(NS(=O)(=O)c2ccc3c(c2)CC(=O)N3C)cc1S(=O)(=O)N1CCCCCC1. The number of nitrogens with one attached hydrogen (secondary N) is 1. The summed E-state index contributed by atoms with van der Waals surface area (Å²) in [6.45, 7) is 2.65. The fourth-order valence-corrected chi connectivity index (χ4v) is 7.06. The summed E-state index contributed by atoms with van der Waals surface area (Å²) >= 11 is 0. The molecule has 1 amide bonds. The van der Waals surface area contributed by atoms with Crippen molar-refractivity contribution in [3.05, 3.63) is 47.5 Å². The highest BCUT2D eigenvalue weighted by Gasteiger charge is 2.29. The van der Waals surface area contributed by atoms with E-state index in [9.17, 15) is 21.6 Å². The average Bonchev–Trinajstić information content (AvgIpc) is 2.93. The van der Waals surface area contributed by atoms with Gasteiger partial charge in [-0.15, -0.1) is 0 Å². The van der Waals surface area contributed by atoms with Crippen LogP contribution in [0.5, 0.6) is 0 Å². The number of aryl methyl sites for hydroxylation is 1. The van der Waals surface area contributed by atoms with Crippen molar-refractivity contribution in [1.29, 1.82) is 0 Å². The van der Waals surface area contributed by atoms with Crippen molar-refractivity contribution in [1.82, 2.24) is 4.31 Å². The number of anilines is 2. The summed E-state index contributed by atoms with van der Waals surface area (Å²) < 4.78 is 56.5. The monoisotopic (exact) mass is 477 g/mol. The minimum atomic E-state index is -3.96. The largest absolute Gasteiger partial charge is 0.315 e. The number of sulfonamides is 2. The molecule has 2 aliphatic heterocycles. The van der Waals surface area contributed by atoms with E-state index in [2.05, 4.69) is 4.72 Å². The highest BCUT2D eigenvalue weighted by molar-refractivity contribution is 7.92. The van der Waals surface area contributed by atoms with Gasteiger partial charge in [0.25, 0.3) is 10.0 Å². The van der Waals surface area contributed by atoms with E-state index >= 15 is 0 Å². The van der Waals surface area contributed by atoms with Crippen LogP contribution in [0.4, 0.5) is 11.4 Å². The maximum absolute atomic E-state index is 13.3. The second-order valence-corrected chi connectivity index (χ2v) is 11.9. The van der Waals surface area contributed by atoms with Crippen LogP contribution in [0, 0.1) is 6.92 Å². The molecular formula is C22H27N3O5S2. The van der Waals surface area contributed by atoms with Crippen LogP contribution in [-0.4, -0.2) is 47.2 Å². The van der Waals surface area contributed by atoms with E-state index in [-0.39, 0.29) is 27.8 Å². The Hall–Kier alpha value is -2.43. The van der Waals surface area contributed by atoms with Gasteiger partial charge in [-0.1, -0.05) is 18.9 Å². The molecule has 1 saturated heterocycles. The van der Waals surface area contributed by atoms with E-state index in [4.69, 9.17) is 0 Å². The van der Waals surface area contributed by atoms with E-state index < -0.39 is 20.0 Å². The molecule has 0 atom stereocenters. The molecule has 8 nitrogen and oxygen atoms in total. The predicted octanol–water partition coefficient (Wildman–Crippen LogP) is 2.88. The highest BCUT2D eigenvalue weighted by atomic mass is 32.2. The lowest BCUT2D eigenvalue weighted by Gasteiger charge is -2.21. The molecule has 0 aliphatic carbocycles. The summed E-state index contributed by atoms with van der Waals surface area (Å²) in [5, 5.41) is 0. The quantitative estimate of drug-likeness (QED) is 0.713. The van der Waals surface area contributed by atoms with Crippen LogP contribution in [0.15, 0.2) is 46.2 Å². The summed E-state index contributed by atoms with van der Waals surface area (Å²) in [6, 6.07) is 9.09. The van der Waals surface area contributed by atoms with Crippen molar-refractivity contribution >= 4 is 37.3 Å². The number of amides is 1. The molecule has 10 heteroatoms. The Labute approximate surface area is 189 Å². The molecule has 1 fully saturated rings. The molecule has 0 unspecified atom stereocenters. The Morgan fingerprint density at radius 2 is 1.59 bits per heavy atom. The number of hydrogen-bond acceptors (Lipinski definition) is 5. The van der Waals surface area contributed by atoms with E-state index in [1.165, 1.54) is 27.4 Å². The van der Waals surface area contributed by atoms with Gasteiger partial charge < -0.3 is 4.90 Å². The van der Waals surface area contributed by atoms with E-state index in [1.807, 2.05) is 0 Å². The zero-order chi connectivity index (χ0) is 23.1. The normalized spacial score (nSPS) is 17.8. The van der Waals surface area contributed by atoms with Gasteiger partial charge in [-0.05, 0) is 61.2 Å². The molecule has 1 N–H and O–H groups in total. The highest BCUT2D eigenvalue weighted by Crippen LogP contribution is 2.31. The molecule has 2 aliphatic rings. The van der Waals surface area contributed by atoms with Crippen LogP contribution in [0.2, 0.25) is 0 Å². The second kappa shape index (κ2) is 8.49. The minimum Gasteiger partial charge on any atom is -0.315 e. The molecule has 32 heavy (non-hydrogen) atoms. The Morgan fingerprint density at radius 3 is 2.28 bits per heavy atom. The summed E-state index contributed by atoms with van der Waals surface area (Å²) in [4.78, 5) is 13.5. The molecule has 4 rings (SSSR count). The van der Waals surface area contributed by atoms with Gasteiger partial charge in [-0.3, -0.25) is 9.52 Å². The molecule has 0 aromatic heterocycles. The number of hydrogen-bond donors (Lipinski definition) is 1. The zero-order valence-corrected chi connectivity index (χ0v) is 19.8. The topological polar surface area (TPSA) is 104 Å². The van der Waals surface area contributed by atoms with Crippen molar-refractivity contribution < 1.29 is 21.6 Å². The molecular weight excluding hydrogens is 450 g/mol. The van der Waals surface area contributed by atoms with Gasteiger partial charge in [0.05, 0.1) is 21.9 Å². The summed E-state index contributed by atoms with van der Waals surface area (Å²) in [5.41, 5.74) is 2.08. The average molecular weight is 478 g/mol. The lowest BCUT2D eigenvalue weighted by atomic mass is 10.2. The van der Waals surface area contributed by atoms with E-state index in [0.717, 1.165) is 25.7 Å². The third-order valence-corrected chi connectivity index (χ3v) is 9.48. The molecule has 0 spiro atoms. The number of benzene rings is 2. The third kappa shape index (κ3) is 4.26. The molecule has 2 aromatic carbocycles. The number of fused-ring (bicyclic) bond motifs is 1. The van der Waals surface area contributed by atoms with Gasteiger partial charge in [0.15, 0.2) is 0 Å². The Bertz CT molecular complexity index is 1260. The van der Waals surface area contributed by atoms with Crippen molar-refractivity contribution in [2.75, 3.05) is 29.8 Å². The molecule has 172 valence electrons. The zero-order valence-electron chi connectivity index (χ0n) is 18.2. The maximum Gasteiger partial charge on any atom is 0.261 e. The van der Waals surface area contributed by atoms with Crippen LogP contribution < -0.4 is 9.62 Å². The van der Waals surface area contributed by atoms with Crippen molar-refractivity contribution in [3.8, 4) is 0 Å². The number of carbonyl (C=O) groups excluding carboxylic acids is 1. The Morgan fingerprint density at radius 1 is 0.906 bits per heavy atom. The van der Waals surface area contributed by atoms with Gasteiger partial charge in [-0.2, -0.15) is 4.31 Å². The number of likely N-dealkylation sites (N-methyl/N-ethyl adjacent to an activating group) is 1. The first-order valence-electron chi connectivity index (χ1n) is 10.6. The first-order chi connectivity index (χ1) is 15.1. The first-order valence-corrected chi connectivity index (χ1v) is 13.5. The number of carbonyl (C=O) groups is 1. The molecule has 2 aromatic rings. The number of nitrogens with zero attached hydrogens (tertiary/aromatic N) is 2. The van der Waals surface area contributed by atoms with Crippen LogP contribution in [0.25, 0.3) is 0 Å². The predicted molar refractivity (Wildman–Crippen MR) is 123 cm³/mol. The van der Waals surface area contributed by atoms with Crippen LogP contribution >= 0.6 is 0 Å². The lowest BCUT2D eigenvalue weighted by Crippen LogP contribution is -2.32. The Kier molecular flexibility index (Phi) is 6.04. The van der Waals surface area contributed by atoms with Crippen LogP contribution in [0.3, 0.4) is 0 Å².